The van der Waals surface area contributed by atoms with Crippen molar-refractivity contribution in [2.45, 2.75) is 20.0 Å². The molecule has 0 saturated carbocycles. The summed E-state index contributed by atoms with van der Waals surface area (Å²) in [4.78, 5) is 21.6. The van der Waals surface area contributed by atoms with Crippen LogP contribution in [0.3, 0.4) is 0 Å². The van der Waals surface area contributed by atoms with Gasteiger partial charge in [-0.2, -0.15) is 0 Å². The maximum Gasteiger partial charge on any atom is 0.352 e. The fraction of sp³-hybridized carbons (Fsp3) is 0.444. The van der Waals surface area contributed by atoms with Crippen molar-refractivity contribution < 1.29 is 19.2 Å². The summed E-state index contributed by atoms with van der Waals surface area (Å²) in [5.74, 6) is -0.438. The minimum Gasteiger partial charge on any atom is -0.495 e. The summed E-state index contributed by atoms with van der Waals surface area (Å²) in [6, 6.07) is 1.21. The van der Waals surface area contributed by atoms with Gasteiger partial charge in [-0.1, -0.05) is 11.3 Å². The maximum absolute atomic E-state index is 11.6. The minimum absolute atomic E-state index is 0.114. The van der Waals surface area contributed by atoms with Crippen molar-refractivity contribution in [2.24, 2.45) is 0 Å². The molecule has 16 heavy (non-hydrogen) atoms. The molecule has 88 valence electrons. The van der Waals surface area contributed by atoms with E-state index in [1.807, 2.05) is 0 Å². The number of methoxy groups -OCH3 is 1. The lowest BCUT2D eigenvalue weighted by atomic mass is 10.4. The molecule has 6 nitrogen and oxygen atoms in total. The highest BCUT2D eigenvalue weighted by molar-refractivity contribution is 7.17. The molecule has 1 rings (SSSR count). The highest BCUT2D eigenvalue weighted by Gasteiger charge is 2.24. The van der Waals surface area contributed by atoms with Crippen molar-refractivity contribution in [3.05, 3.63) is 21.1 Å². The topological polar surface area (TPSA) is 78.7 Å². The molecule has 0 aromatic carbocycles. The monoisotopic (exact) mass is 245 g/mol. The summed E-state index contributed by atoms with van der Waals surface area (Å²) < 4.78 is 9.82. The normalized spacial score (nSPS) is 10.2. The van der Waals surface area contributed by atoms with Crippen LogP contribution in [0, 0.1) is 10.1 Å². The van der Waals surface area contributed by atoms with E-state index in [-0.39, 0.29) is 21.7 Å². The first-order chi connectivity index (χ1) is 7.45. The van der Waals surface area contributed by atoms with Crippen LogP contribution in [0.25, 0.3) is 0 Å². The molecule has 0 atom stereocenters. The van der Waals surface area contributed by atoms with Gasteiger partial charge in [0.05, 0.1) is 24.2 Å². The Morgan fingerprint density at radius 2 is 2.19 bits per heavy atom. The van der Waals surface area contributed by atoms with Crippen LogP contribution in [0.5, 0.6) is 5.75 Å². The van der Waals surface area contributed by atoms with E-state index in [9.17, 15) is 14.9 Å². The standard InChI is InChI=1S/C9H11NO5S/c1-5(2)15-9(11)8-6(14-3)4-7(16-8)10(12)13/h4-5H,1-3H3. The van der Waals surface area contributed by atoms with E-state index in [4.69, 9.17) is 9.47 Å². The summed E-state index contributed by atoms with van der Waals surface area (Å²) in [5.41, 5.74) is 0. The first-order valence-corrected chi connectivity index (χ1v) is 5.30. The molecule has 0 radical (unpaired) electrons. The third kappa shape index (κ3) is 2.69. The Kier molecular flexibility index (Phi) is 3.83. The Balaban J connectivity index is 3.02. The van der Waals surface area contributed by atoms with Gasteiger partial charge in [0, 0.05) is 0 Å². The van der Waals surface area contributed by atoms with Crippen molar-refractivity contribution >= 4 is 22.3 Å². The Hall–Kier alpha value is -1.63. The molecule has 0 aliphatic heterocycles. The minimum atomic E-state index is -0.607. The van der Waals surface area contributed by atoms with Gasteiger partial charge in [-0.15, -0.1) is 0 Å². The molecule has 1 heterocycles. The second-order valence-corrected chi connectivity index (χ2v) is 4.22. The van der Waals surface area contributed by atoms with Gasteiger partial charge in [-0.25, -0.2) is 4.79 Å². The van der Waals surface area contributed by atoms with E-state index in [0.717, 1.165) is 11.3 Å². The van der Waals surface area contributed by atoms with Crippen molar-refractivity contribution in [3.63, 3.8) is 0 Å². The van der Waals surface area contributed by atoms with E-state index < -0.39 is 10.9 Å². The maximum atomic E-state index is 11.6. The van der Waals surface area contributed by atoms with Crippen LogP contribution >= 0.6 is 11.3 Å². The Morgan fingerprint density at radius 3 is 2.62 bits per heavy atom. The molecule has 0 aliphatic carbocycles. The summed E-state index contributed by atoms with van der Waals surface area (Å²) >= 11 is 0.744. The lowest BCUT2D eigenvalue weighted by Crippen LogP contribution is -2.10. The molecule has 0 unspecified atom stereocenters. The molecule has 1 aromatic rings. The number of carbonyl (C=O) groups excluding carboxylic acids is 1. The molecule has 0 aliphatic rings. The van der Waals surface area contributed by atoms with Crippen molar-refractivity contribution in [1.29, 1.82) is 0 Å². The molecule has 0 amide bonds. The first-order valence-electron chi connectivity index (χ1n) is 4.49. The van der Waals surface area contributed by atoms with Gasteiger partial charge in [0.15, 0.2) is 10.6 Å². The predicted octanol–water partition coefficient (Wildman–Crippen LogP) is 2.23. The van der Waals surface area contributed by atoms with Crippen molar-refractivity contribution in [1.82, 2.24) is 0 Å². The zero-order valence-corrected chi connectivity index (χ0v) is 9.87. The fourth-order valence-corrected chi connectivity index (χ4v) is 1.84. The van der Waals surface area contributed by atoms with E-state index in [0.29, 0.717) is 0 Å². The summed E-state index contributed by atoms with van der Waals surface area (Å²) in [7, 11) is 1.35. The zero-order valence-electron chi connectivity index (χ0n) is 9.05. The third-order valence-corrected chi connectivity index (χ3v) is 2.66. The summed E-state index contributed by atoms with van der Waals surface area (Å²) in [6.45, 7) is 3.40. The van der Waals surface area contributed by atoms with Crippen LogP contribution in [-0.2, 0) is 4.74 Å². The molecular weight excluding hydrogens is 234 g/mol. The average Bonchev–Trinajstić information content (AvgIpc) is 2.60. The van der Waals surface area contributed by atoms with Gasteiger partial charge in [-0.3, -0.25) is 10.1 Å². The van der Waals surface area contributed by atoms with Crippen molar-refractivity contribution in [2.75, 3.05) is 7.11 Å². The molecular formula is C9H11NO5S. The average molecular weight is 245 g/mol. The lowest BCUT2D eigenvalue weighted by Gasteiger charge is -2.06. The molecule has 0 bridgehead atoms. The molecule has 1 aromatic heterocycles. The zero-order chi connectivity index (χ0) is 12.3. The highest BCUT2D eigenvalue weighted by Crippen LogP contribution is 2.35. The highest BCUT2D eigenvalue weighted by atomic mass is 32.1. The quantitative estimate of drug-likeness (QED) is 0.461. The molecule has 0 N–H and O–H groups in total. The van der Waals surface area contributed by atoms with Gasteiger partial charge in [0.25, 0.3) is 0 Å². The van der Waals surface area contributed by atoms with Crippen LogP contribution in [0.1, 0.15) is 23.5 Å². The van der Waals surface area contributed by atoms with E-state index >= 15 is 0 Å². The number of carbonyl (C=O) groups is 1. The number of nitrogens with zero attached hydrogens (tertiary/aromatic N) is 1. The number of nitro groups is 1. The van der Waals surface area contributed by atoms with Gasteiger partial charge >= 0.3 is 11.0 Å². The third-order valence-electron chi connectivity index (χ3n) is 1.61. The van der Waals surface area contributed by atoms with Gasteiger partial charge < -0.3 is 9.47 Å². The molecule has 0 fully saturated rings. The van der Waals surface area contributed by atoms with Crippen LogP contribution in [0.15, 0.2) is 6.07 Å². The van der Waals surface area contributed by atoms with Gasteiger partial charge in [0.1, 0.15) is 0 Å². The number of hydrogen-bond donors (Lipinski definition) is 0. The number of hydrogen-bond acceptors (Lipinski definition) is 6. The van der Waals surface area contributed by atoms with Crippen LogP contribution in [0.2, 0.25) is 0 Å². The Morgan fingerprint density at radius 1 is 1.56 bits per heavy atom. The second-order valence-electron chi connectivity index (χ2n) is 3.19. The lowest BCUT2D eigenvalue weighted by molar-refractivity contribution is -0.380. The van der Waals surface area contributed by atoms with Crippen molar-refractivity contribution in [3.8, 4) is 5.75 Å². The molecule has 7 heteroatoms. The number of rotatable bonds is 4. The molecule has 0 spiro atoms. The van der Waals surface area contributed by atoms with Crippen LogP contribution < -0.4 is 4.74 Å². The number of thiophene rings is 1. The Labute approximate surface area is 95.9 Å². The van der Waals surface area contributed by atoms with Crippen LogP contribution in [0.4, 0.5) is 5.00 Å². The van der Waals surface area contributed by atoms with E-state index in [1.165, 1.54) is 13.2 Å². The number of ether oxygens (including phenoxy) is 2. The summed E-state index contributed by atoms with van der Waals surface area (Å²) in [6.07, 6.45) is -0.279. The molecule has 0 saturated heterocycles. The smallest absolute Gasteiger partial charge is 0.352 e. The SMILES string of the molecule is COc1cc([N+](=O)[O-])sc1C(=O)OC(C)C. The largest absolute Gasteiger partial charge is 0.495 e. The fourth-order valence-electron chi connectivity index (χ4n) is 1.01. The van der Waals surface area contributed by atoms with Gasteiger partial charge in [-0.05, 0) is 13.8 Å². The van der Waals surface area contributed by atoms with E-state index in [2.05, 4.69) is 0 Å². The van der Waals surface area contributed by atoms with Gasteiger partial charge in [0.2, 0.25) is 0 Å². The Bertz CT molecular complexity index is 412. The first kappa shape index (κ1) is 12.4. The van der Waals surface area contributed by atoms with E-state index in [1.54, 1.807) is 13.8 Å². The predicted molar refractivity (Wildman–Crippen MR) is 58.1 cm³/mol. The second kappa shape index (κ2) is 4.93. The number of esters is 1. The summed E-state index contributed by atoms with van der Waals surface area (Å²) in [5, 5.41) is 10.4. The van der Waals surface area contributed by atoms with Crippen LogP contribution in [-0.4, -0.2) is 24.1 Å².